The molecule has 0 atom stereocenters. The van der Waals surface area contributed by atoms with Crippen molar-refractivity contribution in [2.45, 2.75) is 12.8 Å². The lowest BCUT2D eigenvalue weighted by atomic mass is 10.0. The zero-order valence-electron chi connectivity index (χ0n) is 13.1. The van der Waals surface area contributed by atoms with E-state index in [0.29, 0.717) is 18.4 Å². The van der Waals surface area contributed by atoms with Crippen LogP contribution >= 0.6 is 0 Å². The molecule has 22 heavy (non-hydrogen) atoms. The summed E-state index contributed by atoms with van der Waals surface area (Å²) in [5, 5.41) is 0. The van der Waals surface area contributed by atoms with Crippen molar-refractivity contribution in [3.8, 4) is 17.2 Å². The Morgan fingerprint density at radius 1 is 0.864 bits per heavy atom. The minimum atomic E-state index is 0.0977. The Labute approximate surface area is 130 Å². The van der Waals surface area contributed by atoms with E-state index < -0.39 is 0 Å². The van der Waals surface area contributed by atoms with Gasteiger partial charge in [0.05, 0.1) is 21.3 Å². The van der Waals surface area contributed by atoms with Crippen molar-refractivity contribution in [2.24, 2.45) is 0 Å². The molecule has 0 aliphatic carbocycles. The van der Waals surface area contributed by atoms with Gasteiger partial charge in [0.2, 0.25) is 0 Å². The van der Waals surface area contributed by atoms with Crippen LogP contribution in [0.3, 0.4) is 0 Å². The molecule has 4 nitrogen and oxygen atoms in total. The van der Waals surface area contributed by atoms with E-state index in [0.717, 1.165) is 22.8 Å². The quantitative estimate of drug-likeness (QED) is 0.734. The number of benzene rings is 2. The third-order valence-electron chi connectivity index (χ3n) is 3.53. The van der Waals surface area contributed by atoms with Crippen LogP contribution in [0.5, 0.6) is 17.2 Å². The monoisotopic (exact) mass is 300 g/mol. The number of carbonyl (C=O) groups is 1. The summed E-state index contributed by atoms with van der Waals surface area (Å²) in [6, 6.07) is 12.8. The van der Waals surface area contributed by atoms with Gasteiger partial charge in [-0.25, -0.2) is 0 Å². The lowest BCUT2D eigenvalue weighted by Crippen LogP contribution is -2.02. The molecule has 116 valence electrons. The van der Waals surface area contributed by atoms with Gasteiger partial charge in [0.25, 0.3) is 0 Å². The molecule has 4 heteroatoms. The highest BCUT2D eigenvalue weighted by Gasteiger charge is 2.10. The van der Waals surface area contributed by atoms with Gasteiger partial charge in [0.1, 0.15) is 17.2 Å². The van der Waals surface area contributed by atoms with E-state index in [2.05, 4.69) is 0 Å². The first-order valence-electron chi connectivity index (χ1n) is 7.06. The number of ether oxygens (including phenoxy) is 3. The minimum absolute atomic E-state index is 0.0977. The second-order valence-corrected chi connectivity index (χ2v) is 4.83. The van der Waals surface area contributed by atoms with Gasteiger partial charge in [-0.05, 0) is 42.3 Å². The molecule has 0 heterocycles. The van der Waals surface area contributed by atoms with Crippen molar-refractivity contribution in [2.75, 3.05) is 21.3 Å². The number of ketones is 1. The van der Waals surface area contributed by atoms with Crippen molar-refractivity contribution >= 4 is 5.78 Å². The number of carbonyl (C=O) groups excluding carboxylic acids is 1. The Morgan fingerprint density at radius 2 is 1.50 bits per heavy atom. The molecular weight excluding hydrogens is 280 g/mol. The maximum atomic E-state index is 12.2. The summed E-state index contributed by atoms with van der Waals surface area (Å²) in [4.78, 5) is 12.2. The topological polar surface area (TPSA) is 44.8 Å². The van der Waals surface area contributed by atoms with E-state index in [1.165, 1.54) is 0 Å². The van der Waals surface area contributed by atoms with Gasteiger partial charge in [-0.15, -0.1) is 0 Å². The number of hydrogen-bond donors (Lipinski definition) is 0. The van der Waals surface area contributed by atoms with E-state index in [4.69, 9.17) is 14.2 Å². The van der Waals surface area contributed by atoms with Crippen LogP contribution < -0.4 is 14.2 Å². The highest BCUT2D eigenvalue weighted by molar-refractivity contribution is 5.96. The molecule has 0 aromatic heterocycles. The zero-order chi connectivity index (χ0) is 15.9. The fraction of sp³-hybridized carbons (Fsp3) is 0.278. The molecule has 0 saturated carbocycles. The Morgan fingerprint density at radius 3 is 2.09 bits per heavy atom. The Balaban J connectivity index is 2.04. The first-order chi connectivity index (χ1) is 10.7. The van der Waals surface area contributed by atoms with E-state index in [-0.39, 0.29) is 5.78 Å². The summed E-state index contributed by atoms with van der Waals surface area (Å²) in [6.07, 6.45) is 1.05. The molecule has 0 aliphatic rings. The van der Waals surface area contributed by atoms with Crippen LogP contribution in [0.1, 0.15) is 22.3 Å². The van der Waals surface area contributed by atoms with Crippen LogP contribution in [-0.4, -0.2) is 27.1 Å². The Bertz CT molecular complexity index is 632. The summed E-state index contributed by atoms with van der Waals surface area (Å²) in [6.45, 7) is 0. The van der Waals surface area contributed by atoms with Crippen molar-refractivity contribution in [1.29, 1.82) is 0 Å². The van der Waals surface area contributed by atoms with Crippen LogP contribution in [0.15, 0.2) is 42.5 Å². The van der Waals surface area contributed by atoms with Crippen molar-refractivity contribution < 1.29 is 19.0 Å². The summed E-state index contributed by atoms with van der Waals surface area (Å²) < 4.78 is 15.6. The molecule has 2 aromatic carbocycles. The van der Waals surface area contributed by atoms with Crippen LogP contribution in [-0.2, 0) is 6.42 Å². The van der Waals surface area contributed by atoms with E-state index in [1.54, 1.807) is 45.6 Å². The average Bonchev–Trinajstić information content (AvgIpc) is 2.59. The number of rotatable bonds is 7. The van der Waals surface area contributed by atoms with Crippen LogP contribution in [0.2, 0.25) is 0 Å². The first-order valence-corrected chi connectivity index (χ1v) is 7.06. The van der Waals surface area contributed by atoms with Gasteiger partial charge >= 0.3 is 0 Å². The predicted molar refractivity (Wildman–Crippen MR) is 85.2 cm³/mol. The molecule has 2 rings (SSSR count). The largest absolute Gasteiger partial charge is 0.497 e. The smallest absolute Gasteiger partial charge is 0.163 e. The Hall–Kier alpha value is -2.49. The SMILES string of the molecule is COc1ccc(C(=O)CCc2ccc(OC)cc2OC)cc1. The summed E-state index contributed by atoms with van der Waals surface area (Å²) >= 11 is 0. The fourth-order valence-electron chi connectivity index (χ4n) is 2.23. The van der Waals surface area contributed by atoms with Crippen molar-refractivity contribution in [3.63, 3.8) is 0 Å². The standard InChI is InChI=1S/C18H20O4/c1-20-15-8-4-13(5-9-15)17(19)11-7-14-6-10-16(21-2)12-18(14)22-3/h4-6,8-10,12H,7,11H2,1-3H3. The third-order valence-corrected chi connectivity index (χ3v) is 3.53. The number of hydrogen-bond acceptors (Lipinski definition) is 4. The average molecular weight is 300 g/mol. The molecule has 0 fully saturated rings. The molecule has 0 radical (unpaired) electrons. The van der Waals surface area contributed by atoms with E-state index >= 15 is 0 Å². The second kappa shape index (κ2) is 7.50. The number of aryl methyl sites for hydroxylation is 1. The van der Waals surface area contributed by atoms with E-state index in [1.807, 2.05) is 18.2 Å². The summed E-state index contributed by atoms with van der Waals surface area (Å²) in [5.41, 5.74) is 1.68. The van der Waals surface area contributed by atoms with Gasteiger partial charge in [-0.3, -0.25) is 4.79 Å². The maximum Gasteiger partial charge on any atom is 0.163 e. The lowest BCUT2D eigenvalue weighted by Gasteiger charge is -2.10. The predicted octanol–water partition coefficient (Wildman–Crippen LogP) is 3.53. The molecule has 0 saturated heterocycles. The fourth-order valence-corrected chi connectivity index (χ4v) is 2.23. The third kappa shape index (κ3) is 3.79. The maximum absolute atomic E-state index is 12.2. The first kappa shape index (κ1) is 15.9. The van der Waals surface area contributed by atoms with Gasteiger partial charge in [0.15, 0.2) is 5.78 Å². The summed E-state index contributed by atoms with van der Waals surface area (Å²) in [5.74, 6) is 2.32. The van der Waals surface area contributed by atoms with Crippen LogP contribution in [0.25, 0.3) is 0 Å². The molecule has 0 spiro atoms. The minimum Gasteiger partial charge on any atom is -0.497 e. The van der Waals surface area contributed by atoms with Gasteiger partial charge in [-0.2, -0.15) is 0 Å². The van der Waals surface area contributed by atoms with Gasteiger partial charge in [-0.1, -0.05) is 6.07 Å². The van der Waals surface area contributed by atoms with Gasteiger partial charge in [0, 0.05) is 18.1 Å². The Kier molecular flexibility index (Phi) is 5.42. The molecule has 0 unspecified atom stereocenters. The van der Waals surface area contributed by atoms with Crippen molar-refractivity contribution in [3.05, 3.63) is 53.6 Å². The van der Waals surface area contributed by atoms with Gasteiger partial charge < -0.3 is 14.2 Å². The molecule has 0 bridgehead atoms. The molecular formula is C18H20O4. The van der Waals surface area contributed by atoms with Crippen molar-refractivity contribution in [1.82, 2.24) is 0 Å². The lowest BCUT2D eigenvalue weighted by molar-refractivity contribution is 0.0982. The molecule has 0 aliphatic heterocycles. The van der Waals surface area contributed by atoms with E-state index in [9.17, 15) is 4.79 Å². The van der Waals surface area contributed by atoms with Crippen LogP contribution in [0.4, 0.5) is 0 Å². The van der Waals surface area contributed by atoms with Crippen LogP contribution in [0, 0.1) is 0 Å². The summed E-state index contributed by atoms with van der Waals surface area (Å²) in [7, 11) is 4.83. The second-order valence-electron chi connectivity index (χ2n) is 4.83. The number of Topliss-reactive ketones (excluding diaryl/α,β-unsaturated/α-hetero) is 1. The highest BCUT2D eigenvalue weighted by atomic mass is 16.5. The molecule has 0 amide bonds. The molecule has 0 N–H and O–H groups in total. The zero-order valence-corrected chi connectivity index (χ0v) is 13.1. The molecule has 2 aromatic rings. The normalized spacial score (nSPS) is 10.1. The number of methoxy groups -OCH3 is 3. The highest BCUT2D eigenvalue weighted by Crippen LogP contribution is 2.26.